The number of carbonyl (C=O) groups is 2. The minimum atomic E-state index is -1.15. The molecular weight excluding hydrogens is 364 g/mol. The van der Waals surface area contributed by atoms with Crippen molar-refractivity contribution < 1.29 is 14.7 Å². The van der Waals surface area contributed by atoms with Gasteiger partial charge in [0.1, 0.15) is 5.69 Å². The van der Waals surface area contributed by atoms with Crippen LogP contribution in [-0.4, -0.2) is 49.7 Å². The number of nitrogens with zero attached hydrogens (tertiary/aromatic N) is 4. The first-order valence-electron chi connectivity index (χ1n) is 8.71. The van der Waals surface area contributed by atoms with E-state index in [9.17, 15) is 14.7 Å². The summed E-state index contributed by atoms with van der Waals surface area (Å²) >= 11 is 1.60. The van der Waals surface area contributed by atoms with Gasteiger partial charge in [-0.2, -0.15) is 5.10 Å². The zero-order valence-electron chi connectivity index (χ0n) is 14.5. The highest BCUT2D eigenvalue weighted by atomic mass is 32.1. The molecule has 7 nitrogen and oxygen atoms in total. The van der Waals surface area contributed by atoms with Gasteiger partial charge in [0.2, 0.25) is 0 Å². The molecule has 0 spiro atoms. The van der Waals surface area contributed by atoms with Crippen LogP contribution in [0.4, 0.5) is 0 Å². The first-order valence-corrected chi connectivity index (χ1v) is 9.59. The average Bonchev–Trinajstić information content (AvgIpc) is 3.38. The quantitative estimate of drug-likeness (QED) is 0.749. The Balaban J connectivity index is 1.66. The van der Waals surface area contributed by atoms with Crippen molar-refractivity contribution in [2.24, 2.45) is 0 Å². The van der Waals surface area contributed by atoms with Gasteiger partial charge in [0.25, 0.3) is 5.91 Å². The van der Waals surface area contributed by atoms with E-state index < -0.39 is 5.97 Å². The number of para-hydroxylation sites is 1. The molecule has 1 aliphatic heterocycles. The second-order valence-corrected chi connectivity index (χ2v) is 7.35. The van der Waals surface area contributed by atoms with Crippen molar-refractivity contribution in [2.75, 3.05) is 13.1 Å². The van der Waals surface area contributed by atoms with Crippen molar-refractivity contribution in [3.8, 4) is 5.69 Å². The molecule has 1 N–H and O–H groups in total. The van der Waals surface area contributed by atoms with E-state index in [1.54, 1.807) is 34.6 Å². The van der Waals surface area contributed by atoms with Gasteiger partial charge in [0.05, 0.1) is 10.7 Å². The van der Waals surface area contributed by atoms with Crippen LogP contribution in [0.15, 0.2) is 48.0 Å². The molecule has 2 aromatic heterocycles. The van der Waals surface area contributed by atoms with Crippen LogP contribution in [0.1, 0.15) is 44.7 Å². The van der Waals surface area contributed by atoms with Gasteiger partial charge in [0, 0.05) is 36.7 Å². The van der Waals surface area contributed by atoms with Crippen LogP contribution < -0.4 is 0 Å². The lowest BCUT2D eigenvalue weighted by Gasteiger charge is -2.31. The number of aromatic carboxylic acids is 1. The van der Waals surface area contributed by atoms with E-state index in [-0.39, 0.29) is 23.2 Å². The zero-order valence-corrected chi connectivity index (χ0v) is 15.3. The highest BCUT2D eigenvalue weighted by Crippen LogP contribution is 2.29. The zero-order chi connectivity index (χ0) is 18.8. The lowest BCUT2D eigenvalue weighted by atomic mass is 9.98. The van der Waals surface area contributed by atoms with Crippen LogP contribution in [0.25, 0.3) is 5.69 Å². The second kappa shape index (κ2) is 7.32. The molecule has 1 unspecified atom stereocenters. The van der Waals surface area contributed by atoms with E-state index in [0.29, 0.717) is 18.8 Å². The van der Waals surface area contributed by atoms with Gasteiger partial charge >= 0.3 is 5.97 Å². The van der Waals surface area contributed by atoms with Gasteiger partial charge in [-0.3, -0.25) is 4.79 Å². The fourth-order valence-electron chi connectivity index (χ4n) is 3.37. The fraction of sp³-hybridized carbons (Fsp3) is 0.263. The molecule has 138 valence electrons. The van der Waals surface area contributed by atoms with Gasteiger partial charge in [-0.15, -0.1) is 11.3 Å². The van der Waals surface area contributed by atoms with E-state index in [0.717, 1.165) is 17.8 Å². The summed E-state index contributed by atoms with van der Waals surface area (Å²) in [5.74, 6) is -1.15. The predicted octanol–water partition coefficient (Wildman–Crippen LogP) is 3.05. The molecule has 0 saturated carbocycles. The molecule has 8 heteroatoms. The number of likely N-dealkylation sites (tertiary alicyclic amines) is 1. The average molecular weight is 382 g/mol. The van der Waals surface area contributed by atoms with Crippen LogP contribution in [-0.2, 0) is 0 Å². The third-order valence-electron chi connectivity index (χ3n) is 4.66. The first-order chi connectivity index (χ1) is 13.1. The van der Waals surface area contributed by atoms with Crippen molar-refractivity contribution in [2.45, 2.75) is 18.8 Å². The number of piperidine rings is 1. The summed E-state index contributed by atoms with van der Waals surface area (Å²) < 4.78 is 1.42. The largest absolute Gasteiger partial charge is 0.476 e. The van der Waals surface area contributed by atoms with Crippen molar-refractivity contribution in [3.05, 3.63) is 64.4 Å². The van der Waals surface area contributed by atoms with Crippen molar-refractivity contribution in [1.82, 2.24) is 19.7 Å². The maximum Gasteiger partial charge on any atom is 0.356 e. The molecule has 1 atom stereocenters. The van der Waals surface area contributed by atoms with Gasteiger partial charge in [-0.05, 0) is 25.0 Å². The Morgan fingerprint density at radius 2 is 2.04 bits per heavy atom. The van der Waals surface area contributed by atoms with E-state index in [1.807, 2.05) is 23.6 Å². The topological polar surface area (TPSA) is 88.3 Å². The van der Waals surface area contributed by atoms with Crippen molar-refractivity contribution in [3.63, 3.8) is 0 Å². The SMILES string of the molecule is O=C(O)c1cc(C(=O)N2CCCC(c3nccs3)C2)n(-c2ccccc2)n1. The van der Waals surface area contributed by atoms with Crippen LogP contribution in [0.3, 0.4) is 0 Å². The Kier molecular flexibility index (Phi) is 4.72. The highest BCUT2D eigenvalue weighted by Gasteiger charge is 2.30. The molecule has 1 aliphatic rings. The van der Waals surface area contributed by atoms with Crippen LogP contribution in [0, 0.1) is 0 Å². The monoisotopic (exact) mass is 382 g/mol. The summed E-state index contributed by atoms with van der Waals surface area (Å²) in [5, 5.41) is 16.4. The smallest absolute Gasteiger partial charge is 0.356 e. The summed E-state index contributed by atoms with van der Waals surface area (Å²) in [7, 11) is 0. The molecule has 27 heavy (non-hydrogen) atoms. The Morgan fingerprint density at radius 3 is 2.74 bits per heavy atom. The van der Waals surface area contributed by atoms with Crippen LogP contribution in [0.5, 0.6) is 0 Å². The van der Waals surface area contributed by atoms with E-state index in [1.165, 1.54) is 10.7 Å². The maximum absolute atomic E-state index is 13.2. The number of hydrogen-bond acceptors (Lipinski definition) is 5. The Hall–Kier alpha value is -3.00. The van der Waals surface area contributed by atoms with Gasteiger partial charge in [-0.25, -0.2) is 14.5 Å². The second-order valence-electron chi connectivity index (χ2n) is 6.43. The van der Waals surface area contributed by atoms with E-state index in [4.69, 9.17) is 0 Å². The van der Waals surface area contributed by atoms with Gasteiger partial charge < -0.3 is 10.0 Å². The molecule has 0 aliphatic carbocycles. The molecule has 1 saturated heterocycles. The molecule has 1 aromatic carbocycles. The number of carboxylic acid groups (broad SMARTS) is 1. The Bertz CT molecular complexity index is 953. The predicted molar refractivity (Wildman–Crippen MR) is 101 cm³/mol. The number of aromatic nitrogens is 3. The molecule has 0 radical (unpaired) electrons. The molecule has 1 amide bonds. The van der Waals surface area contributed by atoms with Gasteiger partial charge in [-0.1, -0.05) is 18.2 Å². The minimum Gasteiger partial charge on any atom is -0.476 e. The Morgan fingerprint density at radius 1 is 1.22 bits per heavy atom. The van der Waals surface area contributed by atoms with Crippen molar-refractivity contribution in [1.29, 1.82) is 0 Å². The number of hydrogen-bond donors (Lipinski definition) is 1. The summed E-state index contributed by atoms with van der Waals surface area (Å²) in [6.07, 6.45) is 3.67. The van der Waals surface area contributed by atoms with E-state index in [2.05, 4.69) is 10.1 Å². The molecule has 1 fully saturated rings. The van der Waals surface area contributed by atoms with Gasteiger partial charge in [0.15, 0.2) is 5.69 Å². The third-order valence-corrected chi connectivity index (χ3v) is 5.60. The Labute approximate surface area is 159 Å². The summed E-state index contributed by atoms with van der Waals surface area (Å²) in [4.78, 5) is 30.8. The number of amides is 1. The summed E-state index contributed by atoms with van der Waals surface area (Å²) in [5.41, 5.74) is 0.774. The molecule has 4 rings (SSSR count). The molecule has 3 heterocycles. The van der Waals surface area contributed by atoms with E-state index >= 15 is 0 Å². The standard InChI is InChI=1S/C19H18N4O3S/c24-18(22-9-4-5-13(12-22)17-20-8-10-27-17)16-11-15(19(25)26)21-23(16)14-6-2-1-3-7-14/h1-3,6-8,10-11,13H,4-5,9,12H2,(H,25,26). The van der Waals surface area contributed by atoms with Crippen molar-refractivity contribution >= 4 is 23.2 Å². The molecule has 3 aromatic rings. The number of carbonyl (C=O) groups excluding carboxylic acids is 1. The molecule has 0 bridgehead atoms. The number of rotatable bonds is 4. The molecular formula is C19H18N4O3S. The highest BCUT2D eigenvalue weighted by molar-refractivity contribution is 7.09. The summed E-state index contributed by atoms with van der Waals surface area (Å²) in [6, 6.07) is 10.4. The number of carboxylic acids is 1. The third kappa shape index (κ3) is 3.48. The number of benzene rings is 1. The lowest BCUT2D eigenvalue weighted by Crippen LogP contribution is -2.39. The number of thiazole rings is 1. The maximum atomic E-state index is 13.2. The van der Waals surface area contributed by atoms with Crippen LogP contribution in [0.2, 0.25) is 0 Å². The van der Waals surface area contributed by atoms with Crippen LogP contribution >= 0.6 is 11.3 Å². The fourth-order valence-corrected chi connectivity index (χ4v) is 4.13. The minimum absolute atomic E-state index is 0.143. The normalized spacial score (nSPS) is 17.0. The summed E-state index contributed by atoms with van der Waals surface area (Å²) in [6.45, 7) is 1.22. The first kappa shape index (κ1) is 17.4. The lowest BCUT2D eigenvalue weighted by molar-refractivity contribution is 0.0686.